The maximum absolute atomic E-state index is 14.1. The smallest absolute Gasteiger partial charge is 0.246 e. The Labute approximate surface area is 250 Å². The SMILES string of the molecule is CC.CN[C@@H](C)C(=O)NC(C(=O)N1CCC2[C@H]1[C@@H](CN(N)/C=C(\N)c1ccc(F)cc1)CN2C(=O)C1CC1)C(C)(C)C. The zero-order chi connectivity index (χ0) is 31.4. The van der Waals surface area contributed by atoms with Crippen LogP contribution in [-0.4, -0.2) is 83.4 Å². The molecule has 2 saturated heterocycles. The Bertz CT molecular complexity index is 1130. The lowest BCUT2D eigenvalue weighted by atomic mass is 9.85. The van der Waals surface area contributed by atoms with Crippen LogP contribution in [-0.2, 0) is 14.4 Å². The van der Waals surface area contributed by atoms with E-state index in [1.165, 1.54) is 17.1 Å². The molecule has 5 atom stereocenters. The minimum Gasteiger partial charge on any atom is -0.397 e. The summed E-state index contributed by atoms with van der Waals surface area (Å²) in [7, 11) is 1.70. The van der Waals surface area contributed by atoms with Gasteiger partial charge in [-0.15, -0.1) is 0 Å². The second kappa shape index (κ2) is 13.9. The Morgan fingerprint density at radius 3 is 2.29 bits per heavy atom. The minimum absolute atomic E-state index is 0.0665. The summed E-state index contributed by atoms with van der Waals surface area (Å²) >= 11 is 0. The van der Waals surface area contributed by atoms with Crippen LogP contribution in [0.4, 0.5) is 4.39 Å². The first kappa shape index (κ1) is 33.3. The molecule has 3 fully saturated rings. The minimum atomic E-state index is -0.730. The van der Waals surface area contributed by atoms with Crippen LogP contribution in [0.25, 0.3) is 5.70 Å². The van der Waals surface area contributed by atoms with E-state index < -0.39 is 17.5 Å². The van der Waals surface area contributed by atoms with Crippen LogP contribution in [0, 0.1) is 23.1 Å². The summed E-state index contributed by atoms with van der Waals surface area (Å²) in [5.74, 6) is 5.76. The maximum atomic E-state index is 14.1. The monoisotopic (exact) mass is 587 g/mol. The molecule has 0 radical (unpaired) electrons. The molecule has 0 bridgehead atoms. The molecule has 1 saturated carbocycles. The number of likely N-dealkylation sites (N-methyl/N-ethyl adjacent to an activating group) is 1. The molecule has 10 nitrogen and oxygen atoms in total. The number of hydrogen-bond donors (Lipinski definition) is 4. The van der Waals surface area contributed by atoms with Gasteiger partial charge in [0, 0.05) is 37.7 Å². The molecular formula is C31H50FN7O3. The van der Waals surface area contributed by atoms with Crippen molar-refractivity contribution in [2.45, 2.75) is 85.0 Å². The highest BCUT2D eigenvalue weighted by atomic mass is 19.1. The molecule has 2 heterocycles. The fourth-order valence-electron chi connectivity index (χ4n) is 5.88. The van der Waals surface area contributed by atoms with Gasteiger partial charge in [0.2, 0.25) is 17.7 Å². The molecule has 3 aliphatic rings. The van der Waals surface area contributed by atoms with Gasteiger partial charge in [-0.3, -0.25) is 14.4 Å². The van der Waals surface area contributed by atoms with Gasteiger partial charge in [0.15, 0.2) is 0 Å². The molecule has 2 unspecified atom stereocenters. The van der Waals surface area contributed by atoms with Crippen molar-refractivity contribution in [2.75, 3.05) is 26.7 Å². The molecule has 1 aromatic carbocycles. The van der Waals surface area contributed by atoms with Crippen molar-refractivity contribution in [3.05, 3.63) is 41.8 Å². The number of nitrogens with zero attached hydrogens (tertiary/aromatic N) is 3. The Balaban J connectivity index is 0.00000237. The first-order valence-electron chi connectivity index (χ1n) is 15.1. The van der Waals surface area contributed by atoms with Crippen LogP contribution in [0.1, 0.15) is 66.4 Å². The molecule has 0 aromatic heterocycles. The first-order chi connectivity index (χ1) is 19.8. The van der Waals surface area contributed by atoms with Crippen molar-refractivity contribution in [3.8, 4) is 0 Å². The molecular weight excluding hydrogens is 537 g/mol. The number of rotatable bonds is 9. The van der Waals surface area contributed by atoms with E-state index in [1.807, 2.05) is 44.4 Å². The van der Waals surface area contributed by atoms with E-state index in [0.717, 1.165) is 12.8 Å². The normalized spacial score (nSPS) is 23.5. The van der Waals surface area contributed by atoms with Crippen molar-refractivity contribution >= 4 is 23.4 Å². The van der Waals surface area contributed by atoms with E-state index in [1.54, 1.807) is 32.3 Å². The number of amides is 3. The van der Waals surface area contributed by atoms with Gasteiger partial charge in [0.1, 0.15) is 11.9 Å². The summed E-state index contributed by atoms with van der Waals surface area (Å²) in [6.07, 6.45) is 4.09. The van der Waals surface area contributed by atoms with E-state index in [0.29, 0.717) is 37.3 Å². The Kier molecular flexibility index (Phi) is 11.0. The van der Waals surface area contributed by atoms with Crippen LogP contribution in [0.3, 0.4) is 0 Å². The van der Waals surface area contributed by atoms with Gasteiger partial charge in [-0.25, -0.2) is 10.2 Å². The number of fused-ring (bicyclic) bond motifs is 1. The van der Waals surface area contributed by atoms with Gasteiger partial charge < -0.3 is 31.2 Å². The second-order valence-electron chi connectivity index (χ2n) is 12.5. The molecule has 1 aliphatic carbocycles. The van der Waals surface area contributed by atoms with Crippen molar-refractivity contribution in [1.29, 1.82) is 0 Å². The van der Waals surface area contributed by atoms with Crippen LogP contribution in [0.5, 0.6) is 0 Å². The van der Waals surface area contributed by atoms with Crippen molar-refractivity contribution in [1.82, 2.24) is 25.4 Å². The topological polar surface area (TPSA) is 137 Å². The van der Waals surface area contributed by atoms with E-state index in [2.05, 4.69) is 10.6 Å². The number of nitrogens with one attached hydrogen (secondary N) is 2. The number of likely N-dealkylation sites (tertiary alicyclic amines) is 2. The Morgan fingerprint density at radius 1 is 1.12 bits per heavy atom. The lowest BCUT2D eigenvalue weighted by Gasteiger charge is -2.37. The number of hydrazine groups is 1. The molecule has 4 rings (SSSR count). The highest BCUT2D eigenvalue weighted by Gasteiger charge is 2.54. The van der Waals surface area contributed by atoms with Gasteiger partial charge in [0.25, 0.3) is 0 Å². The number of halogens is 1. The molecule has 42 heavy (non-hydrogen) atoms. The quantitative estimate of drug-likeness (QED) is 0.257. The van der Waals surface area contributed by atoms with E-state index >= 15 is 0 Å². The van der Waals surface area contributed by atoms with Gasteiger partial charge in [0.05, 0.1) is 23.8 Å². The maximum Gasteiger partial charge on any atom is 0.246 e. The fraction of sp³-hybridized carbons (Fsp3) is 0.645. The average molecular weight is 588 g/mol. The highest BCUT2D eigenvalue weighted by molar-refractivity contribution is 5.91. The number of nitrogens with two attached hydrogens (primary N) is 2. The Morgan fingerprint density at radius 2 is 1.74 bits per heavy atom. The summed E-state index contributed by atoms with van der Waals surface area (Å²) in [5.41, 5.74) is 6.74. The van der Waals surface area contributed by atoms with Gasteiger partial charge in [-0.2, -0.15) is 0 Å². The van der Waals surface area contributed by atoms with Gasteiger partial charge in [-0.05, 0) is 68.5 Å². The lowest BCUT2D eigenvalue weighted by molar-refractivity contribution is -0.141. The highest BCUT2D eigenvalue weighted by Crippen LogP contribution is 2.41. The van der Waals surface area contributed by atoms with Gasteiger partial charge in [-0.1, -0.05) is 34.6 Å². The number of hydrogen-bond acceptors (Lipinski definition) is 7. The zero-order valence-electron chi connectivity index (χ0n) is 26.2. The number of carbonyl (C=O) groups is 3. The molecule has 11 heteroatoms. The van der Waals surface area contributed by atoms with Crippen molar-refractivity contribution in [3.63, 3.8) is 0 Å². The first-order valence-corrected chi connectivity index (χ1v) is 15.1. The summed E-state index contributed by atoms with van der Waals surface area (Å²) in [4.78, 5) is 44.0. The third-order valence-electron chi connectivity index (χ3n) is 8.38. The number of carbonyl (C=O) groups excluding carboxylic acids is 3. The van der Waals surface area contributed by atoms with E-state index in [4.69, 9.17) is 11.6 Å². The summed E-state index contributed by atoms with van der Waals surface area (Å²) in [6, 6.07) is 4.35. The Hall–Kier alpha value is -3.18. The van der Waals surface area contributed by atoms with Crippen LogP contribution in [0.2, 0.25) is 0 Å². The zero-order valence-corrected chi connectivity index (χ0v) is 26.2. The standard InChI is InChI=1S/C29H44FN7O3.C2H6/c1-17(33-5)26(38)34-25(29(2,3)4)28(40)36-13-12-23-24(36)20(15-37(23)27(39)19-6-7-19)14-35(32)16-22(31)18-8-10-21(30)11-9-18;1-2/h8-11,16-17,19-20,23-25,33H,6-7,12-15,31-32H2,1-5H3,(H,34,38);1-2H3/b22-16-;/t17-,20-,23?,24+,25?;/m0./s1. The van der Waals surface area contributed by atoms with E-state index in [-0.39, 0.29) is 47.5 Å². The van der Waals surface area contributed by atoms with Crippen LogP contribution >= 0.6 is 0 Å². The molecule has 3 amide bonds. The largest absolute Gasteiger partial charge is 0.397 e. The summed E-state index contributed by atoms with van der Waals surface area (Å²) < 4.78 is 13.3. The van der Waals surface area contributed by atoms with Crippen molar-refractivity contribution < 1.29 is 18.8 Å². The lowest BCUT2D eigenvalue weighted by Crippen LogP contribution is -2.59. The second-order valence-corrected chi connectivity index (χ2v) is 12.5. The van der Waals surface area contributed by atoms with Crippen LogP contribution < -0.4 is 22.2 Å². The molecule has 1 aromatic rings. The molecule has 0 spiro atoms. The van der Waals surface area contributed by atoms with Gasteiger partial charge >= 0.3 is 0 Å². The molecule has 2 aliphatic heterocycles. The fourth-order valence-corrected chi connectivity index (χ4v) is 5.88. The predicted octanol–water partition coefficient (Wildman–Crippen LogP) is 2.26. The number of benzene rings is 1. The molecule has 6 N–H and O–H groups in total. The van der Waals surface area contributed by atoms with Crippen LogP contribution in [0.15, 0.2) is 30.5 Å². The third-order valence-corrected chi connectivity index (χ3v) is 8.38. The van der Waals surface area contributed by atoms with E-state index in [9.17, 15) is 18.8 Å². The molecule has 234 valence electrons. The summed E-state index contributed by atoms with van der Waals surface area (Å²) in [5, 5.41) is 7.39. The van der Waals surface area contributed by atoms with Crippen molar-refractivity contribution in [2.24, 2.45) is 28.8 Å². The average Bonchev–Trinajstić information content (AvgIpc) is 3.62. The summed E-state index contributed by atoms with van der Waals surface area (Å²) in [6.45, 7) is 12.9. The third kappa shape index (κ3) is 7.60. The predicted molar refractivity (Wildman–Crippen MR) is 163 cm³/mol.